The Morgan fingerprint density at radius 1 is 1.10 bits per heavy atom. The highest BCUT2D eigenvalue weighted by Gasteiger charge is 2.19. The zero-order valence-electron chi connectivity index (χ0n) is 16.6. The topological polar surface area (TPSA) is 94.0 Å². The molecule has 2 aromatic heterocycles. The molecule has 2 amide bonds. The first-order valence-electron chi connectivity index (χ1n) is 8.93. The zero-order chi connectivity index (χ0) is 21.0. The largest absolute Gasteiger partial charge is 0.493 e. The monoisotopic (exact) mass is 394 g/mol. The highest BCUT2D eigenvalue weighted by atomic mass is 16.5. The summed E-state index contributed by atoms with van der Waals surface area (Å²) in [6, 6.07) is 8.64. The minimum atomic E-state index is -0.489. The van der Waals surface area contributed by atoms with E-state index in [2.05, 4.69) is 15.8 Å². The Hall–Kier alpha value is -3.81. The Morgan fingerprint density at radius 3 is 2.55 bits per heavy atom. The van der Waals surface area contributed by atoms with Crippen molar-refractivity contribution in [3.63, 3.8) is 0 Å². The molecule has 8 heteroatoms. The van der Waals surface area contributed by atoms with Crippen LogP contribution in [-0.2, 0) is 0 Å². The van der Waals surface area contributed by atoms with Crippen molar-refractivity contribution in [1.82, 2.24) is 20.2 Å². The Kier molecular flexibility index (Phi) is 5.82. The van der Waals surface area contributed by atoms with Crippen LogP contribution >= 0.6 is 0 Å². The summed E-state index contributed by atoms with van der Waals surface area (Å²) >= 11 is 0. The van der Waals surface area contributed by atoms with E-state index in [0.29, 0.717) is 39.7 Å². The number of allylic oxidation sites excluding steroid dienone is 1. The number of carbonyl (C=O) groups is 2. The number of pyridine rings is 1. The molecule has 0 unspecified atom stereocenters. The summed E-state index contributed by atoms with van der Waals surface area (Å²) in [7, 11) is 3.03. The van der Waals surface area contributed by atoms with E-state index in [-0.39, 0.29) is 0 Å². The van der Waals surface area contributed by atoms with Gasteiger partial charge in [0.2, 0.25) is 0 Å². The van der Waals surface area contributed by atoms with Crippen LogP contribution in [0.1, 0.15) is 39.0 Å². The maximum atomic E-state index is 12.6. The molecule has 0 saturated carbocycles. The van der Waals surface area contributed by atoms with Gasteiger partial charge in [-0.3, -0.25) is 24.8 Å². The number of nitrogens with one attached hydrogen (secondary N) is 2. The first-order chi connectivity index (χ1) is 14.0. The van der Waals surface area contributed by atoms with E-state index in [1.165, 1.54) is 14.2 Å². The second kappa shape index (κ2) is 8.47. The minimum absolute atomic E-state index is 0.311. The summed E-state index contributed by atoms with van der Waals surface area (Å²) < 4.78 is 12.4. The molecular formula is C21H22N4O4. The van der Waals surface area contributed by atoms with Crippen molar-refractivity contribution < 1.29 is 19.1 Å². The van der Waals surface area contributed by atoms with Gasteiger partial charge in [0.05, 0.1) is 19.9 Å². The normalized spacial score (nSPS) is 10.9. The SMILES string of the molecule is C/C=C/c1cc(C(=O)NNC(=O)c2c(C)nc3ccccn23)cc(OC)c1OC. The van der Waals surface area contributed by atoms with Gasteiger partial charge in [-0.2, -0.15) is 0 Å². The molecule has 0 saturated heterocycles. The lowest BCUT2D eigenvalue weighted by atomic mass is 10.1. The number of aryl methyl sites for hydroxylation is 1. The molecule has 2 heterocycles. The van der Waals surface area contributed by atoms with E-state index in [0.717, 1.165) is 0 Å². The van der Waals surface area contributed by atoms with Crippen molar-refractivity contribution in [2.45, 2.75) is 13.8 Å². The number of hydrogen-bond donors (Lipinski definition) is 2. The van der Waals surface area contributed by atoms with E-state index in [9.17, 15) is 9.59 Å². The van der Waals surface area contributed by atoms with Gasteiger partial charge >= 0.3 is 0 Å². The third-order valence-corrected chi connectivity index (χ3v) is 4.32. The summed E-state index contributed by atoms with van der Waals surface area (Å²) in [5.74, 6) is -0.0232. The van der Waals surface area contributed by atoms with E-state index in [1.807, 2.05) is 19.1 Å². The van der Waals surface area contributed by atoms with Crippen molar-refractivity contribution in [1.29, 1.82) is 0 Å². The highest BCUT2D eigenvalue weighted by Crippen LogP contribution is 2.33. The van der Waals surface area contributed by atoms with Crippen molar-refractivity contribution in [3.8, 4) is 11.5 Å². The molecule has 0 aliphatic carbocycles. The third kappa shape index (κ3) is 3.91. The van der Waals surface area contributed by atoms with Crippen LogP contribution in [0.3, 0.4) is 0 Å². The fraction of sp³-hybridized carbons (Fsp3) is 0.190. The molecule has 1 aromatic carbocycles. The lowest BCUT2D eigenvalue weighted by molar-refractivity contribution is 0.0843. The fourth-order valence-electron chi connectivity index (χ4n) is 3.06. The number of aromatic nitrogens is 2. The minimum Gasteiger partial charge on any atom is -0.493 e. The van der Waals surface area contributed by atoms with Gasteiger partial charge in [0, 0.05) is 17.3 Å². The number of methoxy groups -OCH3 is 2. The fourth-order valence-corrected chi connectivity index (χ4v) is 3.06. The number of fused-ring (bicyclic) bond motifs is 1. The number of benzene rings is 1. The van der Waals surface area contributed by atoms with Gasteiger partial charge in [-0.25, -0.2) is 4.98 Å². The van der Waals surface area contributed by atoms with Crippen LogP contribution in [0.5, 0.6) is 11.5 Å². The number of nitrogens with zero attached hydrogens (tertiary/aromatic N) is 2. The average molecular weight is 394 g/mol. The number of rotatable bonds is 5. The van der Waals surface area contributed by atoms with Gasteiger partial charge in [-0.15, -0.1) is 0 Å². The van der Waals surface area contributed by atoms with Crippen LogP contribution in [0.15, 0.2) is 42.6 Å². The van der Waals surface area contributed by atoms with E-state index in [1.54, 1.807) is 47.9 Å². The van der Waals surface area contributed by atoms with Crippen molar-refractivity contribution in [3.05, 3.63) is 65.1 Å². The Labute approximate surface area is 168 Å². The Balaban J connectivity index is 1.82. The maximum Gasteiger partial charge on any atom is 0.288 e. The number of hydrogen-bond acceptors (Lipinski definition) is 5. The second-order valence-corrected chi connectivity index (χ2v) is 6.18. The summed E-state index contributed by atoms with van der Waals surface area (Å²) in [4.78, 5) is 29.6. The lowest BCUT2D eigenvalue weighted by Crippen LogP contribution is -2.42. The number of hydrazine groups is 1. The molecule has 0 bridgehead atoms. The van der Waals surface area contributed by atoms with Crippen LogP contribution in [0.2, 0.25) is 0 Å². The van der Waals surface area contributed by atoms with Gasteiger partial charge in [0.15, 0.2) is 11.5 Å². The molecule has 0 radical (unpaired) electrons. The molecule has 150 valence electrons. The van der Waals surface area contributed by atoms with Crippen LogP contribution in [0.4, 0.5) is 0 Å². The molecule has 0 atom stereocenters. The summed E-state index contributed by atoms with van der Waals surface area (Å²) in [5, 5.41) is 0. The Bertz CT molecular complexity index is 1100. The molecule has 2 N–H and O–H groups in total. The maximum absolute atomic E-state index is 12.6. The van der Waals surface area contributed by atoms with Gasteiger partial charge in [0.25, 0.3) is 11.8 Å². The molecule has 29 heavy (non-hydrogen) atoms. The summed E-state index contributed by atoms with van der Waals surface area (Å²) in [5.41, 5.74) is 7.44. The Morgan fingerprint density at radius 2 is 1.86 bits per heavy atom. The molecule has 0 spiro atoms. The molecule has 8 nitrogen and oxygen atoms in total. The predicted octanol–water partition coefficient (Wildman–Crippen LogP) is 2.77. The van der Waals surface area contributed by atoms with Gasteiger partial charge < -0.3 is 9.47 Å². The summed E-state index contributed by atoms with van der Waals surface area (Å²) in [6.45, 7) is 3.60. The quantitative estimate of drug-likeness (QED) is 0.649. The zero-order valence-corrected chi connectivity index (χ0v) is 16.6. The van der Waals surface area contributed by atoms with Gasteiger partial charge in [-0.05, 0) is 38.1 Å². The van der Waals surface area contributed by atoms with Crippen LogP contribution in [0, 0.1) is 6.92 Å². The van der Waals surface area contributed by atoms with E-state index >= 15 is 0 Å². The van der Waals surface area contributed by atoms with Gasteiger partial charge in [0.1, 0.15) is 11.3 Å². The van der Waals surface area contributed by atoms with E-state index < -0.39 is 11.8 Å². The van der Waals surface area contributed by atoms with Crippen LogP contribution in [-0.4, -0.2) is 35.4 Å². The number of ether oxygens (including phenoxy) is 2. The number of carbonyl (C=O) groups excluding carboxylic acids is 2. The first-order valence-corrected chi connectivity index (χ1v) is 8.93. The van der Waals surface area contributed by atoms with Crippen molar-refractivity contribution >= 4 is 23.5 Å². The number of imidazole rings is 1. The standard InChI is InChI=1S/C21H22N4O4/c1-5-8-14-11-15(12-16(28-3)19(14)29-4)20(26)23-24-21(27)18-13(2)22-17-9-6-7-10-25(17)18/h5-12H,1-4H3,(H,23,26)(H,24,27)/b8-5+. The van der Waals surface area contributed by atoms with Gasteiger partial charge in [-0.1, -0.05) is 18.2 Å². The van der Waals surface area contributed by atoms with Crippen molar-refractivity contribution in [2.75, 3.05) is 14.2 Å². The van der Waals surface area contributed by atoms with Crippen LogP contribution < -0.4 is 20.3 Å². The number of amides is 2. The molecule has 0 aliphatic heterocycles. The summed E-state index contributed by atoms with van der Waals surface area (Å²) in [6.07, 6.45) is 5.37. The second-order valence-electron chi connectivity index (χ2n) is 6.18. The van der Waals surface area contributed by atoms with E-state index in [4.69, 9.17) is 9.47 Å². The molecule has 0 aliphatic rings. The molecule has 0 fully saturated rings. The molecular weight excluding hydrogens is 372 g/mol. The lowest BCUT2D eigenvalue weighted by Gasteiger charge is -2.14. The van der Waals surface area contributed by atoms with Crippen molar-refractivity contribution in [2.24, 2.45) is 0 Å². The first kappa shape index (κ1) is 19.9. The smallest absolute Gasteiger partial charge is 0.288 e. The molecule has 3 rings (SSSR count). The highest BCUT2D eigenvalue weighted by molar-refractivity contribution is 6.00. The average Bonchev–Trinajstić information content (AvgIpc) is 3.07. The van der Waals surface area contributed by atoms with Crippen LogP contribution in [0.25, 0.3) is 11.7 Å². The third-order valence-electron chi connectivity index (χ3n) is 4.32. The molecule has 3 aromatic rings. The predicted molar refractivity (Wildman–Crippen MR) is 109 cm³/mol.